The first kappa shape index (κ1) is 13.0. The van der Waals surface area contributed by atoms with Crippen LogP contribution in [0.5, 0.6) is 0 Å². The fraction of sp³-hybridized carbons (Fsp3) is 0.571. The van der Waals surface area contributed by atoms with Crippen LogP contribution in [0.4, 0.5) is 0 Å². The zero-order chi connectivity index (χ0) is 12.8. The number of nitrogens with one attached hydrogen (secondary N) is 1. The van der Waals surface area contributed by atoms with Crippen LogP contribution in [0.25, 0.3) is 0 Å². The molecular formula is C14H20N2O2. The maximum absolute atomic E-state index is 11.7. The van der Waals surface area contributed by atoms with E-state index in [9.17, 15) is 9.90 Å². The fourth-order valence-corrected chi connectivity index (χ4v) is 2.34. The maximum atomic E-state index is 11.7. The third kappa shape index (κ3) is 4.11. The molecule has 18 heavy (non-hydrogen) atoms. The van der Waals surface area contributed by atoms with Crippen molar-refractivity contribution in [3.8, 4) is 0 Å². The van der Waals surface area contributed by atoms with Gasteiger partial charge >= 0.3 is 0 Å². The molecule has 1 heterocycles. The van der Waals surface area contributed by atoms with Gasteiger partial charge in [-0.2, -0.15) is 0 Å². The first-order chi connectivity index (χ1) is 8.74. The predicted molar refractivity (Wildman–Crippen MR) is 68.9 cm³/mol. The second kappa shape index (κ2) is 6.50. The number of aliphatic hydroxyl groups excluding tert-OH is 1. The minimum atomic E-state index is -0.134. The maximum Gasteiger partial charge on any atom is 0.226 e. The van der Waals surface area contributed by atoms with E-state index in [1.54, 1.807) is 6.20 Å². The van der Waals surface area contributed by atoms with E-state index >= 15 is 0 Å². The number of pyridine rings is 1. The molecule has 0 aliphatic heterocycles. The van der Waals surface area contributed by atoms with Gasteiger partial charge < -0.3 is 10.4 Å². The third-order valence-electron chi connectivity index (χ3n) is 3.47. The van der Waals surface area contributed by atoms with Crippen LogP contribution in [-0.4, -0.2) is 28.6 Å². The second-order valence-corrected chi connectivity index (χ2v) is 4.98. The topological polar surface area (TPSA) is 62.2 Å². The van der Waals surface area contributed by atoms with Crippen LogP contribution in [0.15, 0.2) is 24.4 Å². The van der Waals surface area contributed by atoms with Gasteiger partial charge in [-0.1, -0.05) is 6.07 Å². The number of amides is 1. The van der Waals surface area contributed by atoms with Gasteiger partial charge in [0.25, 0.3) is 0 Å². The highest BCUT2D eigenvalue weighted by Crippen LogP contribution is 2.23. The van der Waals surface area contributed by atoms with Gasteiger partial charge in [-0.25, -0.2) is 0 Å². The number of carbonyl (C=O) groups excluding carboxylic acids is 1. The Morgan fingerprint density at radius 2 is 2.11 bits per heavy atom. The Labute approximate surface area is 107 Å². The van der Waals surface area contributed by atoms with E-state index < -0.39 is 0 Å². The Bertz CT molecular complexity index is 373. The van der Waals surface area contributed by atoms with Crippen molar-refractivity contribution in [3.05, 3.63) is 30.1 Å². The van der Waals surface area contributed by atoms with Crippen molar-refractivity contribution in [2.45, 2.75) is 38.2 Å². The van der Waals surface area contributed by atoms with Gasteiger partial charge in [-0.05, 0) is 43.7 Å². The fourth-order valence-electron chi connectivity index (χ4n) is 2.34. The van der Waals surface area contributed by atoms with Gasteiger partial charge in [0.1, 0.15) is 0 Å². The molecule has 0 aromatic carbocycles. The molecule has 1 fully saturated rings. The summed E-state index contributed by atoms with van der Waals surface area (Å²) in [6.07, 6.45) is 5.64. The number of hydrogen-bond acceptors (Lipinski definition) is 3. The molecule has 1 amide bonds. The van der Waals surface area contributed by atoms with Crippen LogP contribution < -0.4 is 5.32 Å². The van der Waals surface area contributed by atoms with Gasteiger partial charge in [0, 0.05) is 18.4 Å². The lowest BCUT2D eigenvalue weighted by Crippen LogP contribution is -2.33. The first-order valence-corrected chi connectivity index (χ1v) is 6.58. The number of carbonyl (C=O) groups is 1. The Morgan fingerprint density at radius 1 is 1.33 bits per heavy atom. The lowest BCUT2D eigenvalue weighted by Gasteiger charge is -2.25. The van der Waals surface area contributed by atoms with Crippen LogP contribution >= 0.6 is 0 Å². The predicted octanol–water partition coefficient (Wildman–Crippen LogP) is 1.29. The zero-order valence-electron chi connectivity index (χ0n) is 10.5. The summed E-state index contributed by atoms with van der Waals surface area (Å²) in [5.74, 6) is 0.543. The summed E-state index contributed by atoms with van der Waals surface area (Å²) >= 11 is 0. The highest BCUT2D eigenvalue weighted by molar-refractivity contribution is 5.78. The monoisotopic (exact) mass is 248 g/mol. The third-order valence-corrected chi connectivity index (χ3v) is 3.47. The Morgan fingerprint density at radius 3 is 2.78 bits per heavy atom. The summed E-state index contributed by atoms with van der Waals surface area (Å²) in [4.78, 5) is 15.8. The molecule has 0 radical (unpaired) electrons. The minimum absolute atomic E-state index is 0.0276. The molecule has 1 aliphatic rings. The molecule has 0 saturated heterocycles. The van der Waals surface area contributed by atoms with Gasteiger partial charge in [0.15, 0.2) is 0 Å². The summed E-state index contributed by atoms with van der Waals surface area (Å²) in [7, 11) is 0. The van der Waals surface area contributed by atoms with Crippen LogP contribution in [0, 0.1) is 5.92 Å². The number of nitrogens with zero attached hydrogens (tertiary/aromatic N) is 1. The molecule has 98 valence electrons. The van der Waals surface area contributed by atoms with E-state index in [1.165, 1.54) is 0 Å². The standard InChI is InChI=1S/C14H20N2O2/c17-13-6-4-11(5-7-13)10-16-14(18)9-12-3-1-2-8-15-12/h1-3,8,11,13,17H,4-7,9-10H2,(H,16,18). The first-order valence-electron chi connectivity index (χ1n) is 6.58. The van der Waals surface area contributed by atoms with Crippen molar-refractivity contribution in [1.82, 2.24) is 10.3 Å². The average Bonchev–Trinajstić information content (AvgIpc) is 2.39. The van der Waals surface area contributed by atoms with Crippen molar-refractivity contribution < 1.29 is 9.90 Å². The van der Waals surface area contributed by atoms with E-state index in [-0.39, 0.29) is 12.0 Å². The normalized spacial score (nSPS) is 23.6. The number of aliphatic hydroxyl groups is 1. The molecule has 1 aromatic rings. The zero-order valence-corrected chi connectivity index (χ0v) is 10.5. The number of rotatable bonds is 4. The Balaban J connectivity index is 1.69. The summed E-state index contributed by atoms with van der Waals surface area (Å²) in [6, 6.07) is 5.59. The highest BCUT2D eigenvalue weighted by atomic mass is 16.3. The van der Waals surface area contributed by atoms with Crippen LogP contribution in [-0.2, 0) is 11.2 Å². The van der Waals surface area contributed by atoms with Gasteiger partial charge in [-0.15, -0.1) is 0 Å². The SMILES string of the molecule is O=C(Cc1ccccn1)NCC1CCC(O)CC1. The number of hydrogen-bond donors (Lipinski definition) is 2. The van der Waals surface area contributed by atoms with Crippen molar-refractivity contribution >= 4 is 5.91 Å². The van der Waals surface area contributed by atoms with Crippen molar-refractivity contribution in [1.29, 1.82) is 0 Å². The van der Waals surface area contributed by atoms with Gasteiger partial charge in [-0.3, -0.25) is 9.78 Å². The molecular weight excluding hydrogens is 228 g/mol. The van der Waals surface area contributed by atoms with Crippen molar-refractivity contribution in [2.75, 3.05) is 6.54 Å². The van der Waals surface area contributed by atoms with Crippen molar-refractivity contribution in [2.24, 2.45) is 5.92 Å². The lowest BCUT2D eigenvalue weighted by molar-refractivity contribution is -0.120. The summed E-state index contributed by atoms with van der Waals surface area (Å²) in [5, 5.41) is 12.4. The summed E-state index contributed by atoms with van der Waals surface area (Å²) < 4.78 is 0. The van der Waals surface area contributed by atoms with Gasteiger partial charge in [0.05, 0.1) is 12.5 Å². The highest BCUT2D eigenvalue weighted by Gasteiger charge is 2.19. The smallest absolute Gasteiger partial charge is 0.226 e. The van der Waals surface area contributed by atoms with E-state index in [2.05, 4.69) is 10.3 Å². The minimum Gasteiger partial charge on any atom is -0.393 e. The van der Waals surface area contributed by atoms with Crippen LogP contribution in [0.2, 0.25) is 0 Å². The molecule has 4 nitrogen and oxygen atoms in total. The molecule has 0 spiro atoms. The average molecular weight is 248 g/mol. The van der Waals surface area contributed by atoms with Crippen LogP contribution in [0.1, 0.15) is 31.4 Å². The molecule has 2 N–H and O–H groups in total. The molecule has 1 aliphatic carbocycles. The molecule has 1 saturated carbocycles. The van der Waals surface area contributed by atoms with E-state index in [0.29, 0.717) is 12.3 Å². The van der Waals surface area contributed by atoms with E-state index in [0.717, 1.165) is 37.9 Å². The largest absolute Gasteiger partial charge is 0.393 e. The molecule has 0 atom stereocenters. The quantitative estimate of drug-likeness (QED) is 0.844. The Kier molecular flexibility index (Phi) is 4.70. The molecule has 0 bridgehead atoms. The molecule has 4 heteroatoms. The lowest BCUT2D eigenvalue weighted by atomic mass is 9.87. The van der Waals surface area contributed by atoms with Crippen LogP contribution in [0.3, 0.4) is 0 Å². The number of aromatic nitrogens is 1. The molecule has 1 aromatic heterocycles. The van der Waals surface area contributed by atoms with E-state index in [1.807, 2.05) is 18.2 Å². The van der Waals surface area contributed by atoms with Gasteiger partial charge in [0.2, 0.25) is 5.91 Å². The second-order valence-electron chi connectivity index (χ2n) is 4.98. The molecule has 0 unspecified atom stereocenters. The molecule has 2 rings (SSSR count). The summed E-state index contributed by atoms with van der Waals surface area (Å²) in [6.45, 7) is 0.721. The summed E-state index contributed by atoms with van der Waals surface area (Å²) in [5.41, 5.74) is 0.800. The van der Waals surface area contributed by atoms with Crippen molar-refractivity contribution in [3.63, 3.8) is 0 Å². The Hall–Kier alpha value is -1.42. The van der Waals surface area contributed by atoms with E-state index in [4.69, 9.17) is 0 Å².